The number of esters is 1. The molecule has 2 nitrogen and oxygen atoms in total. The maximum atomic E-state index is 11.6. The van der Waals surface area contributed by atoms with E-state index in [0.717, 1.165) is 18.4 Å². The number of hydrogen-bond donors (Lipinski definition) is 0. The van der Waals surface area contributed by atoms with Gasteiger partial charge in [-0.3, -0.25) is 4.79 Å². The first-order chi connectivity index (χ1) is 5.99. The molecule has 0 spiro atoms. The normalized spacial score (nSPS) is 27.8. The fraction of sp³-hybridized carbons (Fsp3) is 0.727. The summed E-state index contributed by atoms with van der Waals surface area (Å²) in [6.07, 6.45) is 1.67. The Balaban J connectivity index is 2.87. The molecule has 0 aromatic heterocycles. The standard InChI is InChI=1S/C11H18O2/c1-8(2)7-11(9(3)4)5-6-13-10(11)12/h8H,3,5-7H2,1-2,4H3. The Morgan fingerprint density at radius 1 is 1.69 bits per heavy atom. The zero-order valence-electron chi connectivity index (χ0n) is 8.72. The van der Waals surface area contributed by atoms with Gasteiger partial charge in [-0.05, 0) is 19.3 Å². The topological polar surface area (TPSA) is 26.3 Å². The fourth-order valence-corrected chi connectivity index (χ4v) is 2.00. The zero-order chi connectivity index (χ0) is 10.1. The lowest BCUT2D eigenvalue weighted by Gasteiger charge is -2.26. The predicted molar refractivity (Wildman–Crippen MR) is 52.3 cm³/mol. The molecule has 1 saturated heterocycles. The molecule has 0 aromatic rings. The van der Waals surface area contributed by atoms with Gasteiger partial charge < -0.3 is 4.74 Å². The van der Waals surface area contributed by atoms with E-state index in [0.29, 0.717) is 12.5 Å². The van der Waals surface area contributed by atoms with Crippen molar-refractivity contribution in [3.05, 3.63) is 12.2 Å². The number of rotatable bonds is 3. The zero-order valence-corrected chi connectivity index (χ0v) is 8.72. The molecule has 0 aromatic carbocycles. The van der Waals surface area contributed by atoms with Gasteiger partial charge in [0, 0.05) is 6.42 Å². The molecule has 1 unspecified atom stereocenters. The number of hydrogen-bond acceptors (Lipinski definition) is 2. The molecule has 1 fully saturated rings. The van der Waals surface area contributed by atoms with Gasteiger partial charge in [0.1, 0.15) is 0 Å². The van der Waals surface area contributed by atoms with Crippen molar-refractivity contribution in [3.63, 3.8) is 0 Å². The Labute approximate surface area is 80.0 Å². The number of carbonyl (C=O) groups excluding carboxylic acids is 1. The molecule has 74 valence electrons. The smallest absolute Gasteiger partial charge is 0.316 e. The van der Waals surface area contributed by atoms with Crippen molar-refractivity contribution in [2.24, 2.45) is 11.3 Å². The largest absolute Gasteiger partial charge is 0.465 e. The first-order valence-electron chi connectivity index (χ1n) is 4.82. The molecular weight excluding hydrogens is 164 g/mol. The number of carbonyl (C=O) groups is 1. The van der Waals surface area contributed by atoms with Gasteiger partial charge in [-0.1, -0.05) is 26.0 Å². The minimum atomic E-state index is -0.381. The SMILES string of the molecule is C=C(C)C1(CC(C)C)CCOC1=O. The van der Waals surface area contributed by atoms with Gasteiger partial charge in [0.15, 0.2) is 0 Å². The van der Waals surface area contributed by atoms with Crippen LogP contribution in [0, 0.1) is 11.3 Å². The Morgan fingerprint density at radius 2 is 2.31 bits per heavy atom. The molecule has 1 atom stereocenters. The summed E-state index contributed by atoms with van der Waals surface area (Å²) in [5, 5.41) is 0. The van der Waals surface area contributed by atoms with E-state index in [1.54, 1.807) is 0 Å². The molecule has 1 heterocycles. The summed E-state index contributed by atoms with van der Waals surface area (Å²) in [5.41, 5.74) is 0.567. The second kappa shape index (κ2) is 3.52. The van der Waals surface area contributed by atoms with Crippen LogP contribution in [-0.4, -0.2) is 12.6 Å². The molecular formula is C11H18O2. The molecule has 1 rings (SSSR count). The Bertz CT molecular complexity index is 230. The van der Waals surface area contributed by atoms with Crippen LogP contribution in [0.5, 0.6) is 0 Å². The highest BCUT2D eigenvalue weighted by molar-refractivity contribution is 5.82. The summed E-state index contributed by atoms with van der Waals surface area (Å²) in [5.74, 6) is 0.427. The van der Waals surface area contributed by atoms with E-state index in [9.17, 15) is 4.79 Å². The van der Waals surface area contributed by atoms with Crippen LogP contribution < -0.4 is 0 Å². The lowest BCUT2D eigenvalue weighted by Crippen LogP contribution is -2.29. The summed E-state index contributed by atoms with van der Waals surface area (Å²) in [4.78, 5) is 11.6. The molecule has 1 aliphatic heterocycles. The second-order valence-electron chi connectivity index (χ2n) is 4.35. The van der Waals surface area contributed by atoms with Gasteiger partial charge in [-0.15, -0.1) is 0 Å². The number of cyclic esters (lactones) is 1. The quantitative estimate of drug-likeness (QED) is 0.495. The van der Waals surface area contributed by atoms with Crippen LogP contribution in [0.4, 0.5) is 0 Å². The molecule has 0 aliphatic carbocycles. The van der Waals surface area contributed by atoms with E-state index in [2.05, 4.69) is 20.4 Å². The maximum absolute atomic E-state index is 11.6. The molecule has 0 bridgehead atoms. The van der Waals surface area contributed by atoms with E-state index >= 15 is 0 Å². The monoisotopic (exact) mass is 182 g/mol. The van der Waals surface area contributed by atoms with E-state index in [-0.39, 0.29) is 11.4 Å². The van der Waals surface area contributed by atoms with Crippen LogP contribution in [0.2, 0.25) is 0 Å². The van der Waals surface area contributed by atoms with Gasteiger partial charge in [0.05, 0.1) is 12.0 Å². The lowest BCUT2D eigenvalue weighted by molar-refractivity contribution is -0.145. The minimum absolute atomic E-state index is 0.0753. The van der Waals surface area contributed by atoms with E-state index in [4.69, 9.17) is 4.74 Å². The highest BCUT2D eigenvalue weighted by Crippen LogP contribution is 2.42. The third-order valence-electron chi connectivity index (χ3n) is 2.73. The van der Waals surface area contributed by atoms with Gasteiger partial charge in [0.25, 0.3) is 0 Å². The Morgan fingerprint density at radius 3 is 2.62 bits per heavy atom. The van der Waals surface area contributed by atoms with Crippen molar-refractivity contribution in [1.29, 1.82) is 0 Å². The first kappa shape index (κ1) is 10.3. The van der Waals surface area contributed by atoms with Crippen molar-refractivity contribution in [2.45, 2.75) is 33.6 Å². The van der Waals surface area contributed by atoms with E-state index in [1.807, 2.05) is 6.92 Å². The second-order valence-corrected chi connectivity index (χ2v) is 4.35. The average Bonchev–Trinajstić information content (AvgIpc) is 2.32. The molecule has 0 saturated carbocycles. The molecule has 1 aliphatic rings. The van der Waals surface area contributed by atoms with Crippen molar-refractivity contribution < 1.29 is 9.53 Å². The van der Waals surface area contributed by atoms with E-state index in [1.165, 1.54) is 0 Å². The Hall–Kier alpha value is -0.790. The van der Waals surface area contributed by atoms with Crippen LogP contribution in [0.25, 0.3) is 0 Å². The van der Waals surface area contributed by atoms with Gasteiger partial charge in [0.2, 0.25) is 0 Å². The fourth-order valence-electron chi connectivity index (χ4n) is 2.00. The minimum Gasteiger partial charge on any atom is -0.465 e. The third-order valence-corrected chi connectivity index (χ3v) is 2.73. The maximum Gasteiger partial charge on any atom is 0.316 e. The summed E-state index contributed by atoms with van der Waals surface area (Å²) in [6.45, 7) is 10.6. The molecule has 0 N–H and O–H groups in total. The Kier molecular flexibility index (Phi) is 2.79. The molecule has 0 amide bonds. The highest BCUT2D eigenvalue weighted by Gasteiger charge is 2.45. The highest BCUT2D eigenvalue weighted by atomic mass is 16.5. The summed E-state index contributed by atoms with van der Waals surface area (Å²) in [6, 6.07) is 0. The predicted octanol–water partition coefficient (Wildman–Crippen LogP) is 2.54. The summed E-state index contributed by atoms with van der Waals surface area (Å²) in [7, 11) is 0. The van der Waals surface area contributed by atoms with Gasteiger partial charge >= 0.3 is 5.97 Å². The van der Waals surface area contributed by atoms with Crippen molar-refractivity contribution in [2.75, 3.05) is 6.61 Å². The van der Waals surface area contributed by atoms with Crippen molar-refractivity contribution >= 4 is 5.97 Å². The van der Waals surface area contributed by atoms with Crippen molar-refractivity contribution in [1.82, 2.24) is 0 Å². The van der Waals surface area contributed by atoms with E-state index < -0.39 is 0 Å². The van der Waals surface area contributed by atoms with Gasteiger partial charge in [-0.25, -0.2) is 0 Å². The van der Waals surface area contributed by atoms with Crippen LogP contribution in [0.15, 0.2) is 12.2 Å². The molecule has 2 heteroatoms. The summed E-state index contributed by atoms with van der Waals surface area (Å²) < 4.78 is 5.03. The first-order valence-corrected chi connectivity index (χ1v) is 4.82. The van der Waals surface area contributed by atoms with Crippen LogP contribution in [-0.2, 0) is 9.53 Å². The molecule has 0 radical (unpaired) electrons. The van der Waals surface area contributed by atoms with Gasteiger partial charge in [-0.2, -0.15) is 0 Å². The number of ether oxygens (including phenoxy) is 1. The van der Waals surface area contributed by atoms with Crippen molar-refractivity contribution in [3.8, 4) is 0 Å². The summed E-state index contributed by atoms with van der Waals surface area (Å²) >= 11 is 0. The van der Waals surface area contributed by atoms with Crippen LogP contribution in [0.1, 0.15) is 33.6 Å². The molecule has 13 heavy (non-hydrogen) atoms. The van der Waals surface area contributed by atoms with Crippen LogP contribution in [0.3, 0.4) is 0 Å². The third kappa shape index (κ3) is 1.77. The van der Waals surface area contributed by atoms with Crippen LogP contribution >= 0.6 is 0 Å². The lowest BCUT2D eigenvalue weighted by atomic mass is 9.74. The average molecular weight is 182 g/mol.